The van der Waals surface area contributed by atoms with Crippen LogP contribution < -0.4 is 64.2 Å². The molecule has 4 nitrogen and oxygen atoms in total. The molecule has 0 atom stereocenters. The Kier molecular flexibility index (Phi) is 17.5. The molecule has 0 spiro atoms. The molecule has 0 saturated carbocycles. The molecule has 0 heterocycles. The van der Waals surface area contributed by atoms with E-state index in [0.717, 1.165) is 5.82 Å². The van der Waals surface area contributed by atoms with Gasteiger partial charge >= 0.3 is 59.1 Å². The maximum absolute atomic E-state index is 11.6. The fraction of sp³-hybridized carbons (Fsp3) is 0.625. The van der Waals surface area contributed by atoms with E-state index in [1.165, 1.54) is 6.42 Å². The van der Waals surface area contributed by atoms with Gasteiger partial charge in [-0.15, -0.1) is 12.7 Å². The SMILES string of the molecule is C[CH-]/C([O-])=C/P(=O)(OCC)OCC.[Na+].[Na+]. The molecule has 0 aliphatic carbocycles. The molecule has 7 heteroatoms. The zero-order chi connectivity index (χ0) is 10.3. The molecule has 15 heavy (non-hydrogen) atoms. The standard InChI is InChI=1S/C8H16O4P.2Na/c1-4-8(9)7-13(10,11-5-2)12-6-3;;/h4,7,9H,5-6H2,1-3H3;;/q-1;2*+1/p-1/b8-7-;;. The van der Waals surface area contributed by atoms with E-state index in [4.69, 9.17) is 9.05 Å². The summed E-state index contributed by atoms with van der Waals surface area (Å²) < 4.78 is 21.4. The van der Waals surface area contributed by atoms with Crippen molar-refractivity contribution in [1.29, 1.82) is 0 Å². The first-order valence-corrected chi connectivity index (χ1v) is 5.77. The number of hydrogen-bond donors (Lipinski definition) is 0. The van der Waals surface area contributed by atoms with Gasteiger partial charge < -0.3 is 14.2 Å². The third-order valence-corrected chi connectivity index (χ3v) is 2.99. The molecule has 0 aliphatic heterocycles. The Morgan fingerprint density at radius 2 is 1.73 bits per heavy atom. The van der Waals surface area contributed by atoms with Gasteiger partial charge in [-0.2, -0.15) is 0 Å². The fourth-order valence-corrected chi connectivity index (χ4v) is 2.11. The first-order valence-electron chi connectivity index (χ1n) is 4.16. The normalized spacial score (nSPS) is 11.3. The molecule has 0 fully saturated rings. The van der Waals surface area contributed by atoms with Crippen molar-refractivity contribution in [1.82, 2.24) is 0 Å². The van der Waals surface area contributed by atoms with Gasteiger partial charge in [0.25, 0.3) is 7.60 Å². The molecule has 0 aromatic rings. The summed E-state index contributed by atoms with van der Waals surface area (Å²) in [7, 11) is -3.30. The van der Waals surface area contributed by atoms with Crippen molar-refractivity contribution in [2.75, 3.05) is 13.2 Å². The predicted molar refractivity (Wildman–Crippen MR) is 48.9 cm³/mol. The van der Waals surface area contributed by atoms with Gasteiger partial charge in [-0.3, -0.25) is 10.3 Å². The van der Waals surface area contributed by atoms with Gasteiger partial charge in [-0.25, -0.2) is 6.42 Å². The summed E-state index contributed by atoms with van der Waals surface area (Å²) in [4.78, 5) is 0. The van der Waals surface area contributed by atoms with E-state index in [1.807, 2.05) is 0 Å². The minimum Gasteiger partial charge on any atom is -0.899 e. The molecule has 0 unspecified atom stereocenters. The summed E-state index contributed by atoms with van der Waals surface area (Å²) in [6, 6.07) is 0. The predicted octanol–water partition coefficient (Wildman–Crippen LogP) is -4.31. The summed E-state index contributed by atoms with van der Waals surface area (Å²) in [6.07, 6.45) is 1.31. The monoisotopic (exact) mass is 252 g/mol. The smallest absolute Gasteiger partial charge is 0.899 e. The number of rotatable bonds is 6. The largest absolute Gasteiger partial charge is 1.00 e. The van der Waals surface area contributed by atoms with Crippen molar-refractivity contribution in [2.45, 2.75) is 20.8 Å². The van der Waals surface area contributed by atoms with Crippen molar-refractivity contribution in [2.24, 2.45) is 0 Å². The van der Waals surface area contributed by atoms with Crippen LogP contribution in [0.25, 0.3) is 0 Å². The number of hydrogen-bond acceptors (Lipinski definition) is 4. The fourth-order valence-electron chi connectivity index (χ4n) is 0.702. The zero-order valence-corrected chi connectivity index (χ0v) is 15.0. The average molecular weight is 252 g/mol. The molecule has 0 rings (SSSR count). The quantitative estimate of drug-likeness (QED) is 0.208. The van der Waals surface area contributed by atoms with Crippen LogP contribution >= 0.6 is 7.60 Å². The van der Waals surface area contributed by atoms with Crippen LogP contribution in [0.5, 0.6) is 0 Å². The van der Waals surface area contributed by atoms with Gasteiger partial charge in [0.1, 0.15) is 0 Å². The Balaban J connectivity index is -0.000000720. The Morgan fingerprint density at radius 1 is 1.33 bits per heavy atom. The molecule has 0 N–H and O–H groups in total. The van der Waals surface area contributed by atoms with Crippen LogP contribution in [0.1, 0.15) is 20.8 Å². The van der Waals surface area contributed by atoms with Gasteiger partial charge in [0, 0.05) is 0 Å². The second-order valence-electron chi connectivity index (χ2n) is 2.20. The van der Waals surface area contributed by atoms with Crippen LogP contribution in [0.15, 0.2) is 11.6 Å². The van der Waals surface area contributed by atoms with E-state index in [0.29, 0.717) is 0 Å². The Morgan fingerprint density at radius 3 is 2.00 bits per heavy atom. The zero-order valence-electron chi connectivity index (χ0n) is 10.1. The van der Waals surface area contributed by atoms with E-state index in [1.54, 1.807) is 20.8 Å². The Hall–Kier alpha value is 1.56. The van der Waals surface area contributed by atoms with Crippen molar-refractivity contribution in [3.05, 3.63) is 18.0 Å². The molecule has 0 aromatic heterocycles. The molecular formula is C8H15Na2O4P. The number of allylic oxidation sites excluding steroid dienone is 1. The first-order chi connectivity index (χ1) is 6.08. The summed E-state index contributed by atoms with van der Waals surface area (Å²) >= 11 is 0. The van der Waals surface area contributed by atoms with Crippen molar-refractivity contribution >= 4 is 7.60 Å². The molecule has 0 aromatic carbocycles. The van der Waals surface area contributed by atoms with Crippen LogP contribution in [-0.2, 0) is 13.6 Å². The minimum absolute atomic E-state index is 0. The second kappa shape index (κ2) is 12.0. The van der Waals surface area contributed by atoms with E-state index in [-0.39, 0.29) is 78.1 Å². The minimum atomic E-state index is -3.30. The third-order valence-electron chi connectivity index (χ3n) is 1.19. The van der Waals surface area contributed by atoms with Crippen LogP contribution in [0.2, 0.25) is 0 Å². The molecule has 0 radical (unpaired) electrons. The second-order valence-corrected chi connectivity index (χ2v) is 4.05. The maximum Gasteiger partial charge on any atom is 1.00 e. The van der Waals surface area contributed by atoms with Crippen LogP contribution in [0.3, 0.4) is 0 Å². The van der Waals surface area contributed by atoms with Gasteiger partial charge in [0.15, 0.2) is 0 Å². The topological polar surface area (TPSA) is 58.6 Å². The maximum atomic E-state index is 11.6. The van der Waals surface area contributed by atoms with Crippen LogP contribution in [-0.4, -0.2) is 13.2 Å². The first kappa shape index (κ1) is 21.8. The Bertz CT molecular complexity index is 211. The van der Waals surface area contributed by atoms with E-state index >= 15 is 0 Å². The summed E-state index contributed by atoms with van der Waals surface area (Å²) in [5.74, 6) is 0.658. The van der Waals surface area contributed by atoms with Gasteiger partial charge in [0.2, 0.25) is 0 Å². The summed E-state index contributed by atoms with van der Waals surface area (Å²) in [6.45, 7) is 5.47. The van der Waals surface area contributed by atoms with E-state index in [9.17, 15) is 9.67 Å². The molecule has 0 saturated heterocycles. The van der Waals surface area contributed by atoms with Crippen molar-refractivity contribution < 1.29 is 77.8 Å². The van der Waals surface area contributed by atoms with E-state index in [2.05, 4.69) is 0 Å². The van der Waals surface area contributed by atoms with Gasteiger partial charge in [0.05, 0.1) is 13.2 Å². The van der Waals surface area contributed by atoms with E-state index < -0.39 is 7.60 Å². The molecular weight excluding hydrogens is 237 g/mol. The molecule has 0 bridgehead atoms. The molecule has 0 amide bonds. The van der Waals surface area contributed by atoms with Gasteiger partial charge in [-0.1, -0.05) is 0 Å². The van der Waals surface area contributed by atoms with Crippen LogP contribution in [0, 0.1) is 6.42 Å². The summed E-state index contributed by atoms with van der Waals surface area (Å²) in [5.41, 5.74) is 0. The van der Waals surface area contributed by atoms with Crippen molar-refractivity contribution in [3.8, 4) is 0 Å². The molecule has 0 aliphatic rings. The average Bonchev–Trinajstić information content (AvgIpc) is 2.04. The van der Waals surface area contributed by atoms with Crippen molar-refractivity contribution in [3.63, 3.8) is 0 Å². The van der Waals surface area contributed by atoms with Gasteiger partial charge in [-0.05, 0) is 13.8 Å². The molecule has 78 valence electrons. The third kappa shape index (κ3) is 10.4. The summed E-state index contributed by atoms with van der Waals surface area (Å²) in [5, 5.41) is 10.9. The Labute approximate surface area is 136 Å². The van der Waals surface area contributed by atoms with Crippen LogP contribution in [0.4, 0.5) is 0 Å².